The average Bonchev–Trinajstić information content (AvgIpc) is 3.16. The van der Waals surface area contributed by atoms with Gasteiger partial charge in [0.2, 0.25) is 5.28 Å². The Morgan fingerprint density at radius 1 is 1.42 bits per heavy atom. The highest BCUT2D eigenvalue weighted by Crippen LogP contribution is 2.37. The van der Waals surface area contributed by atoms with E-state index >= 15 is 0 Å². The van der Waals surface area contributed by atoms with Gasteiger partial charge in [-0.25, -0.2) is 9.78 Å². The molecule has 142 valence electrons. The largest absolute Gasteiger partial charge is 0.444 e. The Balaban J connectivity index is 1.66. The summed E-state index contributed by atoms with van der Waals surface area (Å²) in [6.07, 6.45) is 6.77. The number of fused-ring (bicyclic) bond motifs is 1. The molecule has 0 bridgehead atoms. The molecule has 7 heteroatoms. The molecule has 0 radical (unpaired) electrons. The summed E-state index contributed by atoms with van der Waals surface area (Å²) in [6, 6.07) is 2.40. The van der Waals surface area contributed by atoms with Crippen molar-refractivity contribution in [2.24, 2.45) is 5.92 Å². The summed E-state index contributed by atoms with van der Waals surface area (Å²) < 4.78 is 7.72. The van der Waals surface area contributed by atoms with E-state index < -0.39 is 5.60 Å². The van der Waals surface area contributed by atoms with Crippen LogP contribution < -0.4 is 0 Å². The molecule has 2 aromatic rings. The molecule has 0 spiro atoms. The van der Waals surface area contributed by atoms with E-state index in [-0.39, 0.29) is 11.4 Å². The molecule has 0 saturated heterocycles. The number of amides is 1. The average molecular weight is 379 g/mol. The summed E-state index contributed by atoms with van der Waals surface area (Å²) in [4.78, 5) is 22.6. The molecule has 0 aliphatic heterocycles. The van der Waals surface area contributed by atoms with E-state index in [1.165, 1.54) is 0 Å². The normalized spacial score (nSPS) is 20.5. The maximum atomic E-state index is 12.4. The van der Waals surface area contributed by atoms with Crippen LogP contribution in [0, 0.1) is 5.92 Å². The lowest BCUT2D eigenvalue weighted by atomic mass is 10.1. The van der Waals surface area contributed by atoms with Gasteiger partial charge in [-0.1, -0.05) is 0 Å². The van der Waals surface area contributed by atoms with Crippen LogP contribution in [0.15, 0.2) is 18.5 Å². The molecular weight excluding hydrogens is 352 g/mol. The zero-order chi connectivity index (χ0) is 18.9. The number of hydrogen-bond acceptors (Lipinski definition) is 4. The van der Waals surface area contributed by atoms with Crippen molar-refractivity contribution >= 4 is 28.7 Å². The van der Waals surface area contributed by atoms with Crippen LogP contribution in [0.2, 0.25) is 5.28 Å². The summed E-state index contributed by atoms with van der Waals surface area (Å²) >= 11 is 5.96. The van der Waals surface area contributed by atoms with E-state index in [0.29, 0.717) is 18.5 Å². The van der Waals surface area contributed by atoms with E-state index in [0.717, 1.165) is 36.8 Å². The molecule has 0 aromatic carbocycles. The molecule has 2 heterocycles. The minimum Gasteiger partial charge on any atom is -0.444 e. The van der Waals surface area contributed by atoms with E-state index in [2.05, 4.69) is 20.7 Å². The Hall–Kier alpha value is -1.82. The fraction of sp³-hybridized carbons (Fsp3) is 0.632. The fourth-order valence-electron chi connectivity index (χ4n) is 3.65. The third kappa shape index (κ3) is 4.29. The van der Waals surface area contributed by atoms with Crippen molar-refractivity contribution in [2.75, 3.05) is 13.1 Å². The zero-order valence-corrected chi connectivity index (χ0v) is 16.7. The molecule has 0 N–H and O–H groups in total. The van der Waals surface area contributed by atoms with Gasteiger partial charge in [-0.3, -0.25) is 0 Å². The molecule has 3 rings (SSSR count). The number of carbonyl (C=O) groups excluding carboxylic acids is 1. The first kappa shape index (κ1) is 19.0. The second-order valence-electron chi connectivity index (χ2n) is 7.99. The minimum absolute atomic E-state index is 0.227. The number of ether oxygens (including phenoxy) is 1. The number of aromatic nitrogens is 3. The molecule has 2 aromatic heterocycles. The topological polar surface area (TPSA) is 60.2 Å². The van der Waals surface area contributed by atoms with Gasteiger partial charge < -0.3 is 14.2 Å². The van der Waals surface area contributed by atoms with Crippen molar-refractivity contribution in [1.29, 1.82) is 0 Å². The van der Waals surface area contributed by atoms with Crippen molar-refractivity contribution in [3.63, 3.8) is 0 Å². The number of rotatable bonds is 4. The lowest BCUT2D eigenvalue weighted by Crippen LogP contribution is -2.39. The summed E-state index contributed by atoms with van der Waals surface area (Å²) in [6.45, 7) is 9.08. The zero-order valence-electron chi connectivity index (χ0n) is 15.9. The van der Waals surface area contributed by atoms with Gasteiger partial charge in [0.15, 0.2) is 0 Å². The highest BCUT2D eigenvalue weighted by molar-refractivity contribution is 6.28. The predicted octanol–water partition coefficient (Wildman–Crippen LogP) is 4.68. The highest BCUT2D eigenvalue weighted by atomic mass is 35.5. The van der Waals surface area contributed by atoms with Gasteiger partial charge in [-0.05, 0) is 70.5 Å². The Morgan fingerprint density at radius 3 is 2.88 bits per heavy atom. The van der Waals surface area contributed by atoms with Gasteiger partial charge in [-0.15, -0.1) is 0 Å². The summed E-state index contributed by atoms with van der Waals surface area (Å²) in [7, 11) is 0. The number of halogens is 1. The summed E-state index contributed by atoms with van der Waals surface area (Å²) in [5.74, 6) is 0.460. The Bertz CT molecular complexity index is 783. The van der Waals surface area contributed by atoms with Crippen LogP contribution in [0.4, 0.5) is 4.79 Å². The Labute approximate surface area is 159 Å². The first-order valence-corrected chi connectivity index (χ1v) is 9.61. The maximum Gasteiger partial charge on any atom is 0.410 e. The van der Waals surface area contributed by atoms with Crippen molar-refractivity contribution in [2.45, 2.75) is 58.6 Å². The summed E-state index contributed by atoms with van der Waals surface area (Å²) in [5.41, 5.74) is 0.418. The maximum absolute atomic E-state index is 12.4. The quantitative estimate of drug-likeness (QED) is 0.724. The molecule has 0 unspecified atom stereocenters. The molecule has 2 atom stereocenters. The van der Waals surface area contributed by atoms with Gasteiger partial charge in [0, 0.05) is 36.9 Å². The third-order valence-corrected chi connectivity index (χ3v) is 5.03. The smallest absolute Gasteiger partial charge is 0.410 e. The minimum atomic E-state index is -0.467. The van der Waals surface area contributed by atoms with Gasteiger partial charge in [0.05, 0.1) is 0 Å². The molecule has 1 aliphatic rings. The fourth-order valence-corrected chi connectivity index (χ4v) is 3.78. The van der Waals surface area contributed by atoms with Crippen LogP contribution in [-0.2, 0) is 4.74 Å². The first-order valence-electron chi connectivity index (χ1n) is 9.24. The molecule has 26 heavy (non-hydrogen) atoms. The van der Waals surface area contributed by atoms with E-state index in [9.17, 15) is 4.79 Å². The van der Waals surface area contributed by atoms with Crippen LogP contribution in [0.3, 0.4) is 0 Å². The van der Waals surface area contributed by atoms with Crippen LogP contribution >= 0.6 is 11.6 Å². The van der Waals surface area contributed by atoms with Crippen LogP contribution in [0.5, 0.6) is 0 Å². The molecule has 1 aliphatic carbocycles. The van der Waals surface area contributed by atoms with Gasteiger partial charge in [0.25, 0.3) is 0 Å². The molecule has 1 amide bonds. The highest BCUT2D eigenvalue weighted by Gasteiger charge is 2.30. The lowest BCUT2D eigenvalue weighted by molar-refractivity contribution is 0.0231. The first-order chi connectivity index (χ1) is 12.3. The van der Waals surface area contributed by atoms with E-state index in [4.69, 9.17) is 16.3 Å². The monoisotopic (exact) mass is 378 g/mol. The molecule has 6 nitrogen and oxygen atoms in total. The second kappa shape index (κ2) is 7.43. The van der Waals surface area contributed by atoms with E-state index in [1.807, 2.05) is 38.7 Å². The second-order valence-corrected chi connectivity index (χ2v) is 8.33. The standard InChI is InChI=1S/C19H27ClN4O2/c1-5-23(18(25)26-19(2,3)4)12-13-6-7-15(10-13)24-9-8-14-11-21-17(20)22-16(14)24/h8-9,11,13,15H,5-7,10,12H2,1-4H3/t13-,15+/m1/s1. The Kier molecular flexibility index (Phi) is 5.42. The van der Waals surface area contributed by atoms with E-state index in [1.54, 1.807) is 6.20 Å². The van der Waals surface area contributed by atoms with Crippen molar-refractivity contribution in [1.82, 2.24) is 19.4 Å². The predicted molar refractivity (Wildman–Crippen MR) is 102 cm³/mol. The van der Waals surface area contributed by atoms with Gasteiger partial charge >= 0.3 is 6.09 Å². The number of hydrogen-bond donors (Lipinski definition) is 0. The SMILES string of the molecule is CCN(C[C@@H]1CC[C@H](n2ccc3cnc(Cl)nc32)C1)C(=O)OC(C)(C)C. The van der Waals surface area contributed by atoms with Crippen LogP contribution in [0.25, 0.3) is 11.0 Å². The van der Waals surface area contributed by atoms with Crippen molar-refractivity contribution < 1.29 is 9.53 Å². The Morgan fingerprint density at radius 2 is 2.19 bits per heavy atom. The molecule has 1 fully saturated rings. The van der Waals surface area contributed by atoms with Gasteiger partial charge in [-0.2, -0.15) is 4.98 Å². The number of nitrogens with zero attached hydrogens (tertiary/aromatic N) is 4. The third-order valence-electron chi connectivity index (χ3n) is 4.84. The van der Waals surface area contributed by atoms with Crippen LogP contribution in [0.1, 0.15) is 53.0 Å². The lowest BCUT2D eigenvalue weighted by Gasteiger charge is -2.28. The van der Waals surface area contributed by atoms with Crippen molar-refractivity contribution in [3.05, 3.63) is 23.7 Å². The summed E-state index contributed by atoms with van der Waals surface area (Å²) in [5, 5.41) is 1.27. The van der Waals surface area contributed by atoms with Crippen molar-refractivity contribution in [3.8, 4) is 0 Å². The number of carbonyl (C=O) groups is 1. The van der Waals surface area contributed by atoms with Gasteiger partial charge in [0.1, 0.15) is 11.2 Å². The van der Waals surface area contributed by atoms with Crippen LogP contribution in [-0.4, -0.2) is 44.2 Å². The molecule has 1 saturated carbocycles. The molecular formula is C19H27ClN4O2.